The van der Waals surface area contributed by atoms with Crippen molar-refractivity contribution in [2.75, 3.05) is 11.9 Å². The molecule has 0 saturated carbocycles. The third-order valence-corrected chi connectivity index (χ3v) is 1.87. The van der Waals surface area contributed by atoms with E-state index < -0.39 is 16.4 Å². The van der Waals surface area contributed by atoms with Gasteiger partial charge in [-0.25, -0.2) is 0 Å². The maximum Gasteiger partial charge on any atom is 0.327 e. The van der Waals surface area contributed by atoms with E-state index in [4.69, 9.17) is 0 Å². The zero-order valence-electron chi connectivity index (χ0n) is 8.66. The molecule has 0 aliphatic rings. The predicted molar refractivity (Wildman–Crippen MR) is 56.4 cm³/mol. The van der Waals surface area contributed by atoms with Crippen molar-refractivity contribution in [3.05, 3.63) is 34.1 Å². The Labute approximate surface area is 87.3 Å². The van der Waals surface area contributed by atoms with Crippen molar-refractivity contribution in [2.24, 2.45) is 5.92 Å². The molecule has 0 heterocycles. The monoisotopic (exact) mass is 212 g/mol. The fourth-order valence-electron chi connectivity index (χ4n) is 1.16. The molecule has 1 N–H and O–H groups in total. The fourth-order valence-corrected chi connectivity index (χ4v) is 1.16. The minimum absolute atomic E-state index is 0.230. The Morgan fingerprint density at radius 1 is 1.53 bits per heavy atom. The zero-order valence-corrected chi connectivity index (χ0v) is 8.66. The largest absolute Gasteiger partial charge is 0.379 e. The van der Waals surface area contributed by atoms with Crippen LogP contribution in [0.2, 0.25) is 0 Å². The van der Waals surface area contributed by atoms with E-state index in [1.165, 1.54) is 12.1 Å². The first-order valence-electron chi connectivity index (χ1n) is 4.69. The highest BCUT2D eigenvalue weighted by atomic mass is 19.1. The van der Waals surface area contributed by atoms with Crippen molar-refractivity contribution in [3.8, 4) is 0 Å². The molecule has 1 aromatic carbocycles. The Morgan fingerprint density at radius 3 is 2.73 bits per heavy atom. The number of hydrogen-bond acceptors (Lipinski definition) is 3. The molecule has 0 bridgehead atoms. The number of para-hydroxylation sites is 1. The molecule has 0 aliphatic carbocycles. The quantitative estimate of drug-likeness (QED) is 0.616. The lowest BCUT2D eigenvalue weighted by atomic mass is 10.2. The van der Waals surface area contributed by atoms with Crippen LogP contribution < -0.4 is 5.32 Å². The highest BCUT2D eigenvalue weighted by Gasteiger charge is 2.19. The van der Waals surface area contributed by atoms with Crippen LogP contribution >= 0.6 is 0 Å². The lowest BCUT2D eigenvalue weighted by Crippen LogP contribution is -2.10. The molecule has 1 rings (SSSR count). The first-order chi connectivity index (χ1) is 7.02. The molecule has 0 spiro atoms. The van der Waals surface area contributed by atoms with Crippen molar-refractivity contribution in [1.82, 2.24) is 0 Å². The molecule has 0 radical (unpaired) electrons. The van der Waals surface area contributed by atoms with Gasteiger partial charge in [0.1, 0.15) is 5.69 Å². The van der Waals surface area contributed by atoms with Crippen molar-refractivity contribution in [3.63, 3.8) is 0 Å². The van der Waals surface area contributed by atoms with Crippen LogP contribution in [0.5, 0.6) is 0 Å². The van der Waals surface area contributed by atoms with Gasteiger partial charge >= 0.3 is 5.69 Å². The van der Waals surface area contributed by atoms with Crippen LogP contribution in [0.4, 0.5) is 15.8 Å². The normalized spacial score (nSPS) is 10.4. The Morgan fingerprint density at radius 2 is 2.20 bits per heavy atom. The maximum absolute atomic E-state index is 13.1. The molecule has 4 nitrogen and oxygen atoms in total. The number of nitrogens with one attached hydrogen (secondary N) is 1. The van der Waals surface area contributed by atoms with Gasteiger partial charge in [0.2, 0.25) is 5.82 Å². The summed E-state index contributed by atoms with van der Waals surface area (Å²) in [5.41, 5.74) is -0.258. The average Bonchev–Trinajstić information content (AvgIpc) is 2.13. The summed E-state index contributed by atoms with van der Waals surface area (Å²) < 4.78 is 13.1. The number of benzene rings is 1. The minimum Gasteiger partial charge on any atom is -0.379 e. The Kier molecular flexibility index (Phi) is 3.60. The molecule has 1 aromatic rings. The molecule has 0 saturated heterocycles. The van der Waals surface area contributed by atoms with Crippen LogP contribution in [0, 0.1) is 21.8 Å². The lowest BCUT2D eigenvalue weighted by Gasteiger charge is -2.09. The summed E-state index contributed by atoms with van der Waals surface area (Å²) in [6.07, 6.45) is 0. The summed E-state index contributed by atoms with van der Waals surface area (Å²) in [5.74, 6) is -0.471. The van der Waals surface area contributed by atoms with Gasteiger partial charge in [-0.15, -0.1) is 0 Å². The second-order valence-electron chi connectivity index (χ2n) is 3.67. The van der Waals surface area contributed by atoms with Gasteiger partial charge in [-0.3, -0.25) is 10.1 Å². The van der Waals surface area contributed by atoms with Gasteiger partial charge in [0.15, 0.2) is 0 Å². The third-order valence-electron chi connectivity index (χ3n) is 1.87. The van der Waals surface area contributed by atoms with Gasteiger partial charge in [0, 0.05) is 6.54 Å². The summed E-state index contributed by atoms with van der Waals surface area (Å²) in [6.45, 7) is 4.51. The number of hydrogen-bond donors (Lipinski definition) is 1. The summed E-state index contributed by atoms with van der Waals surface area (Å²) in [6, 6.07) is 4.03. The van der Waals surface area contributed by atoms with E-state index in [1.54, 1.807) is 0 Å². The number of anilines is 1. The van der Waals surface area contributed by atoms with E-state index in [-0.39, 0.29) is 5.69 Å². The van der Waals surface area contributed by atoms with Gasteiger partial charge < -0.3 is 5.32 Å². The van der Waals surface area contributed by atoms with Crippen molar-refractivity contribution >= 4 is 11.4 Å². The molecule has 0 unspecified atom stereocenters. The highest BCUT2D eigenvalue weighted by Crippen LogP contribution is 2.27. The molecular formula is C10H13FN2O2. The predicted octanol–water partition coefficient (Wildman–Crippen LogP) is 2.80. The summed E-state index contributed by atoms with van der Waals surface area (Å²) in [4.78, 5) is 9.90. The topological polar surface area (TPSA) is 55.2 Å². The van der Waals surface area contributed by atoms with Crippen molar-refractivity contribution in [1.29, 1.82) is 0 Å². The van der Waals surface area contributed by atoms with Crippen LogP contribution in [0.15, 0.2) is 18.2 Å². The second-order valence-corrected chi connectivity index (χ2v) is 3.67. The van der Waals surface area contributed by atoms with Crippen LogP contribution in [0.25, 0.3) is 0 Å². The van der Waals surface area contributed by atoms with Crippen LogP contribution in [0.3, 0.4) is 0 Å². The number of halogens is 1. The van der Waals surface area contributed by atoms with Gasteiger partial charge in [0.25, 0.3) is 0 Å². The molecular weight excluding hydrogens is 199 g/mol. The molecule has 82 valence electrons. The number of nitro benzene ring substituents is 1. The number of nitro groups is 1. The molecule has 0 fully saturated rings. The summed E-state index contributed by atoms with van der Waals surface area (Å²) >= 11 is 0. The second kappa shape index (κ2) is 4.72. The zero-order chi connectivity index (χ0) is 11.4. The molecule has 0 atom stereocenters. The smallest absolute Gasteiger partial charge is 0.327 e. The average molecular weight is 212 g/mol. The van der Waals surface area contributed by atoms with Gasteiger partial charge in [-0.05, 0) is 18.1 Å². The van der Waals surface area contributed by atoms with Crippen LogP contribution in [-0.2, 0) is 0 Å². The molecule has 15 heavy (non-hydrogen) atoms. The van der Waals surface area contributed by atoms with E-state index in [2.05, 4.69) is 5.32 Å². The number of rotatable bonds is 4. The maximum atomic E-state index is 13.1. The fraction of sp³-hybridized carbons (Fsp3) is 0.400. The van der Waals surface area contributed by atoms with Crippen molar-refractivity contribution in [2.45, 2.75) is 13.8 Å². The van der Waals surface area contributed by atoms with Crippen LogP contribution in [-0.4, -0.2) is 11.5 Å². The SMILES string of the molecule is CC(C)CNc1cccc(F)c1[N+](=O)[O-]. The molecule has 0 amide bonds. The molecule has 0 aliphatic heterocycles. The van der Waals surface area contributed by atoms with Gasteiger partial charge in [0.05, 0.1) is 4.92 Å². The van der Waals surface area contributed by atoms with Gasteiger partial charge in [-0.2, -0.15) is 4.39 Å². The highest BCUT2D eigenvalue weighted by molar-refractivity contribution is 5.61. The lowest BCUT2D eigenvalue weighted by molar-refractivity contribution is -0.386. The van der Waals surface area contributed by atoms with E-state index in [1.807, 2.05) is 13.8 Å². The van der Waals surface area contributed by atoms with Crippen LogP contribution in [0.1, 0.15) is 13.8 Å². The van der Waals surface area contributed by atoms with E-state index in [0.717, 1.165) is 6.07 Å². The Hall–Kier alpha value is -1.65. The summed E-state index contributed by atoms with van der Waals surface area (Å²) in [5, 5.41) is 13.5. The number of nitrogens with zero attached hydrogens (tertiary/aromatic N) is 1. The van der Waals surface area contributed by atoms with Crippen molar-refractivity contribution < 1.29 is 9.31 Å². The Balaban J connectivity index is 2.96. The summed E-state index contributed by atoms with van der Waals surface area (Å²) in [7, 11) is 0. The van der Waals surface area contributed by atoms with Gasteiger partial charge in [-0.1, -0.05) is 19.9 Å². The first kappa shape index (κ1) is 11.4. The Bertz CT molecular complexity index is 366. The minimum atomic E-state index is -0.811. The standard InChI is InChI=1S/C10H13FN2O2/c1-7(2)6-12-9-5-3-4-8(11)10(9)13(14)15/h3-5,7,12H,6H2,1-2H3. The van der Waals surface area contributed by atoms with E-state index in [0.29, 0.717) is 12.5 Å². The first-order valence-corrected chi connectivity index (χ1v) is 4.69. The molecule has 0 aromatic heterocycles. The van der Waals surface area contributed by atoms with E-state index in [9.17, 15) is 14.5 Å². The van der Waals surface area contributed by atoms with E-state index >= 15 is 0 Å². The third kappa shape index (κ3) is 2.90. The molecule has 5 heteroatoms.